The van der Waals surface area contributed by atoms with Gasteiger partial charge >= 0.3 is 0 Å². The van der Waals surface area contributed by atoms with E-state index >= 15 is 0 Å². The van der Waals surface area contributed by atoms with Crippen LogP contribution in [-0.2, 0) is 19.6 Å². The van der Waals surface area contributed by atoms with E-state index in [4.69, 9.17) is 14.2 Å². The third-order valence-electron chi connectivity index (χ3n) is 4.99. The molecule has 8 nitrogen and oxygen atoms in total. The normalized spacial score (nSPS) is 17.2. The molecule has 2 aliphatic heterocycles. The van der Waals surface area contributed by atoms with Crippen molar-refractivity contribution in [2.75, 3.05) is 44.8 Å². The van der Waals surface area contributed by atoms with Gasteiger partial charge in [0, 0.05) is 31.3 Å². The van der Waals surface area contributed by atoms with Crippen molar-refractivity contribution < 1.29 is 31.8 Å². The van der Waals surface area contributed by atoms with Crippen molar-refractivity contribution >= 4 is 27.7 Å². The number of halogens is 1. The van der Waals surface area contributed by atoms with Crippen LogP contribution in [0.3, 0.4) is 0 Å². The first-order valence-electron chi connectivity index (χ1n) is 10.2. The first-order valence-corrected chi connectivity index (χ1v) is 11.6. The van der Waals surface area contributed by atoms with E-state index in [1.165, 1.54) is 16.4 Å². The molecule has 0 aliphatic carbocycles. The number of nitrogens with one attached hydrogen (secondary N) is 1. The minimum absolute atomic E-state index is 0.149. The number of nitrogens with zero attached hydrogens (tertiary/aromatic N) is 1. The fourth-order valence-electron chi connectivity index (χ4n) is 3.34. The Labute approximate surface area is 185 Å². The number of hydrogen-bond acceptors (Lipinski definition) is 6. The van der Waals surface area contributed by atoms with Crippen LogP contribution in [0.4, 0.5) is 10.1 Å². The van der Waals surface area contributed by atoms with Crippen LogP contribution in [0, 0.1) is 5.82 Å². The third-order valence-corrected chi connectivity index (χ3v) is 6.90. The summed E-state index contributed by atoms with van der Waals surface area (Å²) in [5, 5.41) is 2.57. The van der Waals surface area contributed by atoms with E-state index in [2.05, 4.69) is 5.32 Å². The predicted octanol–water partition coefficient (Wildman–Crippen LogP) is 2.66. The first-order chi connectivity index (χ1) is 15.4. The summed E-state index contributed by atoms with van der Waals surface area (Å²) in [7, 11) is -4.03. The molecule has 0 unspecified atom stereocenters. The van der Waals surface area contributed by atoms with Crippen molar-refractivity contribution in [1.29, 1.82) is 0 Å². The molecule has 2 aromatic rings. The highest BCUT2D eigenvalue weighted by molar-refractivity contribution is 7.89. The lowest BCUT2D eigenvalue weighted by atomic mass is 10.2. The van der Waals surface area contributed by atoms with Gasteiger partial charge in [0.15, 0.2) is 11.5 Å². The Kier molecular flexibility index (Phi) is 6.73. The summed E-state index contributed by atoms with van der Waals surface area (Å²) in [4.78, 5) is 11.9. The van der Waals surface area contributed by atoms with E-state index in [0.717, 1.165) is 24.1 Å². The summed E-state index contributed by atoms with van der Waals surface area (Å²) < 4.78 is 57.4. The van der Waals surface area contributed by atoms with Gasteiger partial charge in [-0.25, -0.2) is 12.8 Å². The number of amides is 1. The van der Waals surface area contributed by atoms with E-state index in [1.807, 2.05) is 0 Å². The topological polar surface area (TPSA) is 94.2 Å². The maximum atomic E-state index is 14.3. The molecule has 1 N–H and O–H groups in total. The molecule has 10 heteroatoms. The van der Waals surface area contributed by atoms with Gasteiger partial charge in [-0.1, -0.05) is 6.07 Å². The Balaban J connectivity index is 1.47. The molecular weight excluding hydrogens is 439 g/mol. The van der Waals surface area contributed by atoms with E-state index in [1.54, 1.807) is 24.3 Å². The number of carbonyl (C=O) groups is 1. The Morgan fingerprint density at radius 1 is 1.00 bits per heavy atom. The molecule has 1 fully saturated rings. The molecule has 1 amide bonds. The zero-order chi connectivity index (χ0) is 22.6. The average molecular weight is 462 g/mol. The van der Waals surface area contributed by atoms with E-state index in [9.17, 15) is 17.6 Å². The first kappa shape index (κ1) is 22.3. The molecule has 0 aromatic heterocycles. The van der Waals surface area contributed by atoms with Gasteiger partial charge in [0.1, 0.15) is 10.7 Å². The van der Waals surface area contributed by atoms with Gasteiger partial charge < -0.3 is 19.5 Å². The standard InChI is InChI=1S/C22H23FN2O6S/c23-18-5-4-17(15-21(18)32(27,28)25-8-12-29-13-9-25)24-22(26)7-3-16-2-6-19-20(14-16)31-11-1-10-30-19/h2-7,14-15H,1,8-13H2,(H,24,26)/b7-3+. The molecule has 0 atom stereocenters. The fraction of sp³-hybridized carbons (Fsp3) is 0.318. The van der Waals surface area contributed by atoms with Gasteiger partial charge in [-0.05, 0) is 42.0 Å². The van der Waals surface area contributed by atoms with Crippen molar-refractivity contribution in [3.05, 3.63) is 53.9 Å². The molecule has 2 heterocycles. The van der Waals surface area contributed by atoms with Gasteiger partial charge in [-0.15, -0.1) is 0 Å². The molecule has 2 aromatic carbocycles. The van der Waals surface area contributed by atoms with Gasteiger partial charge in [-0.2, -0.15) is 4.31 Å². The molecule has 0 spiro atoms. The lowest BCUT2D eigenvalue weighted by Gasteiger charge is -2.26. The van der Waals surface area contributed by atoms with Crippen LogP contribution < -0.4 is 14.8 Å². The van der Waals surface area contributed by atoms with Gasteiger partial charge in [0.05, 0.1) is 26.4 Å². The van der Waals surface area contributed by atoms with Crippen LogP contribution in [0.15, 0.2) is 47.4 Å². The Hall–Kier alpha value is -2.95. The number of anilines is 1. The van der Waals surface area contributed by atoms with Crippen molar-refractivity contribution in [1.82, 2.24) is 4.31 Å². The molecule has 2 aliphatic rings. The van der Waals surface area contributed by atoms with Crippen molar-refractivity contribution in [3.63, 3.8) is 0 Å². The number of benzene rings is 2. The number of hydrogen-bond donors (Lipinski definition) is 1. The van der Waals surface area contributed by atoms with Crippen molar-refractivity contribution in [3.8, 4) is 11.5 Å². The Bertz CT molecular complexity index is 1130. The number of sulfonamides is 1. The van der Waals surface area contributed by atoms with Crippen molar-refractivity contribution in [2.24, 2.45) is 0 Å². The summed E-state index contributed by atoms with van der Waals surface area (Å²) in [6.45, 7) is 1.95. The maximum Gasteiger partial charge on any atom is 0.248 e. The lowest BCUT2D eigenvalue weighted by molar-refractivity contribution is -0.111. The second-order valence-electron chi connectivity index (χ2n) is 7.24. The van der Waals surface area contributed by atoms with E-state index in [0.29, 0.717) is 24.7 Å². The molecule has 0 bridgehead atoms. The summed E-state index contributed by atoms with van der Waals surface area (Å²) in [5.41, 5.74) is 0.908. The summed E-state index contributed by atoms with van der Waals surface area (Å²) in [5.74, 6) is -0.0957. The second-order valence-corrected chi connectivity index (χ2v) is 9.15. The predicted molar refractivity (Wildman–Crippen MR) is 116 cm³/mol. The minimum Gasteiger partial charge on any atom is -0.490 e. The third kappa shape index (κ3) is 5.09. The van der Waals surface area contributed by atoms with Crippen LogP contribution in [-0.4, -0.2) is 58.1 Å². The number of ether oxygens (including phenoxy) is 3. The van der Waals surface area contributed by atoms with Crippen LogP contribution in [0.5, 0.6) is 11.5 Å². The zero-order valence-electron chi connectivity index (χ0n) is 17.3. The van der Waals surface area contributed by atoms with Crippen LogP contribution >= 0.6 is 0 Å². The number of carbonyl (C=O) groups excluding carboxylic acids is 1. The highest BCUT2D eigenvalue weighted by atomic mass is 32.2. The van der Waals surface area contributed by atoms with Crippen LogP contribution in [0.1, 0.15) is 12.0 Å². The molecule has 170 valence electrons. The molecule has 4 rings (SSSR count). The van der Waals surface area contributed by atoms with Crippen LogP contribution in [0.25, 0.3) is 6.08 Å². The van der Waals surface area contributed by atoms with Gasteiger partial charge in [-0.3, -0.25) is 4.79 Å². The largest absolute Gasteiger partial charge is 0.490 e. The fourth-order valence-corrected chi connectivity index (χ4v) is 4.84. The molecule has 0 radical (unpaired) electrons. The lowest BCUT2D eigenvalue weighted by Crippen LogP contribution is -2.40. The smallest absolute Gasteiger partial charge is 0.248 e. The molecule has 1 saturated heterocycles. The number of rotatable bonds is 5. The molecule has 32 heavy (non-hydrogen) atoms. The highest BCUT2D eigenvalue weighted by Crippen LogP contribution is 2.31. The SMILES string of the molecule is O=C(/C=C/c1ccc2c(c1)OCCCO2)Nc1ccc(F)c(S(=O)(=O)N2CCOCC2)c1. The van der Waals surface area contributed by atoms with Crippen molar-refractivity contribution in [2.45, 2.75) is 11.3 Å². The second kappa shape index (κ2) is 9.68. The summed E-state index contributed by atoms with van der Waals surface area (Å²) in [6.07, 6.45) is 3.70. The van der Waals surface area contributed by atoms with E-state index in [-0.39, 0.29) is 32.0 Å². The number of morpholine rings is 1. The Morgan fingerprint density at radius 2 is 1.75 bits per heavy atom. The quantitative estimate of drug-likeness (QED) is 0.687. The van der Waals surface area contributed by atoms with Gasteiger partial charge in [0.2, 0.25) is 15.9 Å². The molecular formula is C22H23FN2O6S. The minimum atomic E-state index is -4.03. The summed E-state index contributed by atoms with van der Waals surface area (Å²) in [6, 6.07) is 8.81. The summed E-state index contributed by atoms with van der Waals surface area (Å²) >= 11 is 0. The average Bonchev–Trinajstić information content (AvgIpc) is 3.04. The maximum absolute atomic E-state index is 14.3. The Morgan fingerprint density at radius 3 is 2.53 bits per heavy atom. The monoisotopic (exact) mass is 462 g/mol. The zero-order valence-corrected chi connectivity index (χ0v) is 18.1. The van der Waals surface area contributed by atoms with E-state index < -0.39 is 26.6 Å². The number of fused-ring (bicyclic) bond motifs is 1. The van der Waals surface area contributed by atoms with Crippen LogP contribution in [0.2, 0.25) is 0 Å². The molecule has 0 saturated carbocycles. The van der Waals surface area contributed by atoms with Gasteiger partial charge in [0.25, 0.3) is 0 Å². The highest BCUT2D eigenvalue weighted by Gasteiger charge is 2.29.